The number of aryl methyl sites for hydroxylation is 2. The molecule has 1 fully saturated rings. The van der Waals surface area contributed by atoms with Crippen LogP contribution < -0.4 is 10.6 Å². The summed E-state index contributed by atoms with van der Waals surface area (Å²) in [6, 6.07) is 8.47. The number of nitrogens with two attached hydrogens (primary N) is 1. The highest BCUT2D eigenvalue weighted by atomic mass is 16.6. The van der Waals surface area contributed by atoms with Crippen LogP contribution in [-0.2, 0) is 9.59 Å². The number of anilines is 2. The topological polar surface area (TPSA) is 150 Å². The predicted molar refractivity (Wildman–Crippen MR) is 115 cm³/mol. The van der Waals surface area contributed by atoms with Crippen molar-refractivity contribution >= 4 is 34.6 Å². The Kier molecular flexibility index (Phi) is 9.29. The molecule has 0 radical (unpaired) electrons. The molecule has 2 aromatic carbocycles. The Hall–Kier alpha value is -3.82. The van der Waals surface area contributed by atoms with E-state index in [0.717, 1.165) is 10.5 Å². The van der Waals surface area contributed by atoms with E-state index in [1.54, 1.807) is 13.8 Å². The molecule has 1 aliphatic rings. The van der Waals surface area contributed by atoms with Gasteiger partial charge in [-0.1, -0.05) is 14.9 Å². The predicted octanol–water partition coefficient (Wildman–Crippen LogP) is 4.31. The van der Waals surface area contributed by atoms with Gasteiger partial charge in [0.05, 0.1) is 15.5 Å². The number of carbonyl (C=O) groups excluding carboxylic acids is 2. The van der Waals surface area contributed by atoms with E-state index in [-0.39, 0.29) is 50.9 Å². The maximum Gasteiger partial charge on any atom is 0.269 e. The molecule has 1 heterocycles. The summed E-state index contributed by atoms with van der Waals surface area (Å²) >= 11 is 0. The van der Waals surface area contributed by atoms with Crippen LogP contribution >= 0.6 is 0 Å². The number of hydrogen-bond acceptors (Lipinski definition) is 7. The van der Waals surface area contributed by atoms with Crippen molar-refractivity contribution < 1.29 is 19.4 Å². The van der Waals surface area contributed by atoms with Gasteiger partial charge in [-0.05, 0) is 37.1 Å². The van der Waals surface area contributed by atoms with Gasteiger partial charge >= 0.3 is 0 Å². The molecule has 0 unspecified atom stereocenters. The molecular weight excluding hydrogens is 392 g/mol. The number of nitro benzene ring substituents is 2. The molecule has 0 saturated carbocycles. The van der Waals surface area contributed by atoms with Gasteiger partial charge in [0.2, 0.25) is 11.8 Å². The summed E-state index contributed by atoms with van der Waals surface area (Å²) in [6.45, 7) is 3.38. The summed E-state index contributed by atoms with van der Waals surface area (Å²) in [5, 5.41) is 20.8. The minimum Gasteiger partial charge on any atom is -0.399 e. The summed E-state index contributed by atoms with van der Waals surface area (Å²) < 4.78 is 0. The van der Waals surface area contributed by atoms with E-state index in [0.29, 0.717) is 16.9 Å². The average Bonchev–Trinajstić information content (AvgIpc) is 2.96. The average molecular weight is 418 g/mol. The van der Waals surface area contributed by atoms with Crippen molar-refractivity contribution in [2.24, 2.45) is 0 Å². The molecule has 1 saturated heterocycles. The lowest BCUT2D eigenvalue weighted by atomic mass is 10.1. The number of nitrogens with zero attached hydrogens (tertiary/aromatic N) is 3. The van der Waals surface area contributed by atoms with Crippen LogP contribution in [-0.4, -0.2) is 21.7 Å². The van der Waals surface area contributed by atoms with Crippen LogP contribution in [0.15, 0.2) is 36.4 Å². The van der Waals surface area contributed by atoms with E-state index < -0.39 is 9.85 Å². The zero-order chi connectivity index (χ0) is 21.0. The van der Waals surface area contributed by atoms with E-state index in [2.05, 4.69) is 0 Å². The van der Waals surface area contributed by atoms with Gasteiger partial charge in [-0.3, -0.25) is 34.7 Å². The van der Waals surface area contributed by atoms with Gasteiger partial charge < -0.3 is 5.73 Å². The molecule has 2 aromatic rings. The van der Waals surface area contributed by atoms with E-state index in [9.17, 15) is 29.8 Å². The Balaban J connectivity index is 0.000000569. The molecule has 10 heteroatoms. The monoisotopic (exact) mass is 418 g/mol. The van der Waals surface area contributed by atoms with Crippen molar-refractivity contribution in [2.45, 2.75) is 41.5 Å². The van der Waals surface area contributed by atoms with Crippen molar-refractivity contribution in [2.75, 3.05) is 10.6 Å². The van der Waals surface area contributed by atoms with Crippen LogP contribution in [0.1, 0.15) is 38.8 Å². The van der Waals surface area contributed by atoms with Crippen molar-refractivity contribution in [1.82, 2.24) is 0 Å². The third kappa shape index (κ3) is 5.84. The highest BCUT2D eigenvalue weighted by Crippen LogP contribution is 2.28. The van der Waals surface area contributed by atoms with Crippen LogP contribution in [0.25, 0.3) is 0 Å². The fourth-order valence-electron chi connectivity index (χ4n) is 2.62. The highest BCUT2D eigenvalue weighted by molar-refractivity contribution is 6.20. The van der Waals surface area contributed by atoms with Crippen LogP contribution in [0.4, 0.5) is 22.7 Å². The number of amides is 2. The van der Waals surface area contributed by atoms with Crippen LogP contribution in [0, 0.1) is 34.1 Å². The molecule has 1 aliphatic heterocycles. The Morgan fingerprint density at radius 3 is 1.67 bits per heavy atom. The maximum atomic E-state index is 11.5. The molecule has 0 atom stereocenters. The van der Waals surface area contributed by atoms with E-state index in [4.69, 9.17) is 5.73 Å². The fraction of sp³-hybridized carbons (Fsp3) is 0.300. The molecule has 162 valence electrons. The zero-order valence-electron chi connectivity index (χ0n) is 15.2. The molecule has 0 aromatic heterocycles. The van der Waals surface area contributed by atoms with Crippen molar-refractivity contribution in [3.63, 3.8) is 0 Å². The van der Waals surface area contributed by atoms with Crippen LogP contribution in [0.2, 0.25) is 0 Å². The van der Waals surface area contributed by atoms with E-state index in [1.165, 1.54) is 36.4 Å². The lowest BCUT2D eigenvalue weighted by molar-refractivity contribution is -0.385. The number of hydrogen-bond donors (Lipinski definition) is 1. The standard InChI is InChI=1S/C11H10N2O4.C7H8N2O2.2CH4/c1-7-6-8(13(16)17)2-3-9(7)12-10(14)4-5-11(12)15;1-5-4-6(9(10)11)2-3-7(5)8;;/h2-3,6H,4-5H2,1H3;2-4H,8H2,1H3;2*1H4. The summed E-state index contributed by atoms with van der Waals surface area (Å²) in [5.41, 5.74) is 7.79. The molecule has 2 N–H and O–H groups in total. The van der Waals surface area contributed by atoms with Gasteiger partial charge in [0.1, 0.15) is 0 Å². The summed E-state index contributed by atoms with van der Waals surface area (Å²) in [7, 11) is 0. The summed E-state index contributed by atoms with van der Waals surface area (Å²) in [5.74, 6) is -0.515. The van der Waals surface area contributed by atoms with Gasteiger partial charge in [-0.15, -0.1) is 0 Å². The fourth-order valence-corrected chi connectivity index (χ4v) is 2.62. The lowest BCUT2D eigenvalue weighted by Crippen LogP contribution is -2.29. The quantitative estimate of drug-likeness (QED) is 0.337. The minimum absolute atomic E-state index is 0. The van der Waals surface area contributed by atoms with Crippen LogP contribution in [0.5, 0.6) is 0 Å². The Morgan fingerprint density at radius 1 is 0.833 bits per heavy atom. The molecule has 30 heavy (non-hydrogen) atoms. The summed E-state index contributed by atoms with van der Waals surface area (Å²) in [4.78, 5) is 44.0. The van der Waals surface area contributed by atoms with Crippen molar-refractivity contribution in [3.8, 4) is 0 Å². The number of carbonyl (C=O) groups is 2. The maximum absolute atomic E-state index is 11.5. The highest BCUT2D eigenvalue weighted by Gasteiger charge is 2.31. The number of nitro groups is 2. The second-order valence-corrected chi connectivity index (χ2v) is 6.15. The van der Waals surface area contributed by atoms with Gasteiger partial charge in [0.15, 0.2) is 0 Å². The Labute approximate surface area is 174 Å². The second kappa shape index (κ2) is 10.6. The molecule has 3 rings (SSSR count). The molecule has 0 aliphatic carbocycles. The van der Waals surface area contributed by atoms with Crippen LogP contribution in [0.3, 0.4) is 0 Å². The molecule has 2 amide bonds. The number of rotatable bonds is 3. The van der Waals surface area contributed by atoms with Gasteiger partial charge in [0, 0.05) is 42.8 Å². The van der Waals surface area contributed by atoms with Gasteiger partial charge in [-0.25, -0.2) is 0 Å². The number of nitrogen functional groups attached to an aromatic ring is 1. The largest absolute Gasteiger partial charge is 0.399 e. The zero-order valence-corrected chi connectivity index (χ0v) is 15.2. The second-order valence-electron chi connectivity index (χ2n) is 6.15. The number of non-ortho nitro benzene ring substituents is 2. The minimum atomic E-state index is -0.510. The molecule has 10 nitrogen and oxygen atoms in total. The first-order valence-electron chi connectivity index (χ1n) is 8.23. The van der Waals surface area contributed by atoms with E-state index in [1.807, 2.05) is 0 Å². The first kappa shape index (κ1) is 26.2. The first-order valence-corrected chi connectivity index (χ1v) is 8.23. The van der Waals surface area contributed by atoms with Crippen molar-refractivity contribution in [3.05, 3.63) is 67.8 Å². The van der Waals surface area contributed by atoms with Crippen molar-refractivity contribution in [1.29, 1.82) is 0 Å². The van der Waals surface area contributed by atoms with Gasteiger partial charge in [0.25, 0.3) is 11.4 Å². The first-order chi connectivity index (χ1) is 13.1. The third-order valence-electron chi connectivity index (χ3n) is 4.15. The molecular formula is C20H26N4O6. The molecule has 0 bridgehead atoms. The Morgan fingerprint density at radius 2 is 1.27 bits per heavy atom. The van der Waals surface area contributed by atoms with E-state index >= 15 is 0 Å². The number of imide groups is 1. The normalized spacial score (nSPS) is 12.3. The SMILES string of the molecule is C.C.Cc1cc([N+](=O)[O-])ccc1N.Cc1cc([N+](=O)[O-])ccc1N1C(=O)CCC1=O. The molecule has 0 spiro atoms. The van der Waals surface area contributed by atoms with Gasteiger partial charge in [-0.2, -0.15) is 0 Å². The summed E-state index contributed by atoms with van der Waals surface area (Å²) in [6.07, 6.45) is 0.407. The smallest absolute Gasteiger partial charge is 0.269 e. The Bertz CT molecular complexity index is 958. The lowest BCUT2D eigenvalue weighted by Gasteiger charge is -2.15. The number of benzene rings is 2. The third-order valence-corrected chi connectivity index (χ3v) is 4.15.